The first-order valence-electron chi connectivity index (χ1n) is 6.02. The standard InChI is InChI=1S/C12H18N2O5S/c1-3-14-20(17,18)7-6-13-12(16)9-4-5-11(19-2)10(15)8-9/h4-5,8,14-15H,3,6-7H2,1-2H3,(H,13,16). The number of phenols is 1. The summed E-state index contributed by atoms with van der Waals surface area (Å²) in [6.45, 7) is 1.97. The molecule has 0 aliphatic carbocycles. The molecule has 20 heavy (non-hydrogen) atoms. The molecule has 0 saturated carbocycles. The fourth-order valence-corrected chi connectivity index (χ4v) is 2.48. The molecule has 1 aromatic carbocycles. The fourth-order valence-electron chi connectivity index (χ4n) is 1.52. The van der Waals surface area contributed by atoms with E-state index in [0.29, 0.717) is 6.54 Å². The molecule has 0 bridgehead atoms. The number of benzene rings is 1. The number of rotatable bonds is 7. The second-order valence-electron chi connectivity index (χ2n) is 3.96. The molecular formula is C12H18N2O5S. The average molecular weight is 302 g/mol. The number of sulfonamides is 1. The van der Waals surface area contributed by atoms with E-state index in [1.165, 1.54) is 25.3 Å². The minimum absolute atomic E-state index is 0.0129. The molecular weight excluding hydrogens is 284 g/mol. The molecule has 3 N–H and O–H groups in total. The molecule has 1 rings (SSSR count). The minimum Gasteiger partial charge on any atom is -0.504 e. The van der Waals surface area contributed by atoms with Crippen LogP contribution in [0.2, 0.25) is 0 Å². The maximum Gasteiger partial charge on any atom is 0.251 e. The van der Waals surface area contributed by atoms with Crippen LogP contribution in [0, 0.1) is 0 Å². The highest BCUT2D eigenvalue weighted by molar-refractivity contribution is 7.89. The van der Waals surface area contributed by atoms with E-state index in [0.717, 1.165) is 0 Å². The van der Waals surface area contributed by atoms with Crippen LogP contribution < -0.4 is 14.8 Å². The van der Waals surface area contributed by atoms with E-state index >= 15 is 0 Å². The summed E-state index contributed by atoms with van der Waals surface area (Å²) >= 11 is 0. The van der Waals surface area contributed by atoms with E-state index in [1.54, 1.807) is 6.92 Å². The highest BCUT2D eigenvalue weighted by atomic mass is 32.2. The SMILES string of the molecule is CCNS(=O)(=O)CCNC(=O)c1ccc(OC)c(O)c1. The van der Waals surface area contributed by atoms with E-state index in [2.05, 4.69) is 10.0 Å². The Kier molecular flexibility index (Phi) is 5.78. The van der Waals surface area contributed by atoms with Gasteiger partial charge in [-0.25, -0.2) is 13.1 Å². The van der Waals surface area contributed by atoms with Crippen molar-refractivity contribution in [1.82, 2.24) is 10.0 Å². The monoisotopic (exact) mass is 302 g/mol. The smallest absolute Gasteiger partial charge is 0.251 e. The van der Waals surface area contributed by atoms with Gasteiger partial charge in [0.1, 0.15) is 0 Å². The maximum absolute atomic E-state index is 11.8. The van der Waals surface area contributed by atoms with E-state index in [9.17, 15) is 18.3 Å². The number of methoxy groups -OCH3 is 1. The fraction of sp³-hybridized carbons (Fsp3) is 0.417. The summed E-state index contributed by atoms with van der Waals surface area (Å²) in [7, 11) is -1.96. The van der Waals surface area contributed by atoms with Crippen LogP contribution >= 0.6 is 0 Å². The number of amides is 1. The first-order chi connectivity index (χ1) is 9.39. The number of carbonyl (C=O) groups excluding carboxylic acids is 1. The number of hydrogen-bond donors (Lipinski definition) is 3. The molecule has 0 spiro atoms. The average Bonchev–Trinajstić information content (AvgIpc) is 2.38. The molecule has 0 atom stereocenters. The van der Waals surface area contributed by atoms with Crippen LogP contribution in [0.15, 0.2) is 18.2 Å². The van der Waals surface area contributed by atoms with Crippen molar-refractivity contribution in [1.29, 1.82) is 0 Å². The molecule has 8 heteroatoms. The van der Waals surface area contributed by atoms with Crippen LogP contribution in [-0.4, -0.2) is 45.4 Å². The van der Waals surface area contributed by atoms with Crippen LogP contribution in [0.25, 0.3) is 0 Å². The topological polar surface area (TPSA) is 105 Å². The third kappa shape index (κ3) is 4.71. The molecule has 0 aliphatic rings. The van der Waals surface area contributed by atoms with E-state index in [4.69, 9.17) is 4.74 Å². The summed E-state index contributed by atoms with van der Waals surface area (Å²) in [5.41, 5.74) is 0.226. The molecule has 1 aromatic rings. The van der Waals surface area contributed by atoms with Crippen LogP contribution in [-0.2, 0) is 10.0 Å². The lowest BCUT2D eigenvalue weighted by molar-refractivity contribution is 0.0955. The summed E-state index contributed by atoms with van der Waals surface area (Å²) < 4.78 is 29.9. The Bertz CT molecular complexity index is 571. The number of carbonyl (C=O) groups is 1. The third-order valence-corrected chi connectivity index (χ3v) is 3.93. The Labute approximate surface area is 118 Å². The normalized spacial score (nSPS) is 11.1. The largest absolute Gasteiger partial charge is 0.504 e. The van der Waals surface area contributed by atoms with Crippen molar-refractivity contribution >= 4 is 15.9 Å². The lowest BCUT2D eigenvalue weighted by atomic mass is 10.2. The van der Waals surface area contributed by atoms with Crippen molar-refractivity contribution < 1.29 is 23.1 Å². The second-order valence-corrected chi connectivity index (χ2v) is 5.89. The lowest BCUT2D eigenvalue weighted by Crippen LogP contribution is -2.34. The van der Waals surface area contributed by atoms with Crippen LogP contribution in [0.5, 0.6) is 11.5 Å². The van der Waals surface area contributed by atoms with E-state index < -0.39 is 15.9 Å². The predicted octanol–water partition coefficient (Wildman–Crippen LogP) is 0.0699. The summed E-state index contributed by atoms with van der Waals surface area (Å²) in [6, 6.07) is 4.19. The highest BCUT2D eigenvalue weighted by Gasteiger charge is 2.12. The summed E-state index contributed by atoms with van der Waals surface area (Å²) in [6.07, 6.45) is 0. The van der Waals surface area contributed by atoms with E-state index in [1.807, 2.05) is 0 Å². The summed E-state index contributed by atoms with van der Waals surface area (Å²) in [5.74, 6) is -0.555. The predicted molar refractivity (Wildman–Crippen MR) is 74.5 cm³/mol. The van der Waals surface area contributed by atoms with Gasteiger partial charge in [0.2, 0.25) is 10.0 Å². The van der Waals surface area contributed by atoms with Crippen LogP contribution in [0.1, 0.15) is 17.3 Å². The van der Waals surface area contributed by atoms with Gasteiger partial charge < -0.3 is 15.2 Å². The van der Waals surface area contributed by atoms with Gasteiger partial charge in [-0.3, -0.25) is 4.79 Å². The Morgan fingerprint density at radius 2 is 2.10 bits per heavy atom. The highest BCUT2D eigenvalue weighted by Crippen LogP contribution is 2.25. The zero-order valence-electron chi connectivity index (χ0n) is 11.3. The zero-order chi connectivity index (χ0) is 15.2. The molecule has 0 aromatic heterocycles. The van der Waals surface area contributed by atoms with Gasteiger partial charge in [0.25, 0.3) is 5.91 Å². The van der Waals surface area contributed by atoms with Crippen molar-refractivity contribution in [3.63, 3.8) is 0 Å². The summed E-state index contributed by atoms with van der Waals surface area (Å²) in [4.78, 5) is 11.8. The number of aromatic hydroxyl groups is 1. The van der Waals surface area contributed by atoms with Gasteiger partial charge in [-0.1, -0.05) is 6.92 Å². The molecule has 0 saturated heterocycles. The van der Waals surface area contributed by atoms with Gasteiger partial charge in [-0.05, 0) is 18.2 Å². The molecule has 0 radical (unpaired) electrons. The maximum atomic E-state index is 11.8. The van der Waals surface area contributed by atoms with Crippen molar-refractivity contribution in [2.45, 2.75) is 6.92 Å². The Morgan fingerprint density at radius 3 is 2.65 bits per heavy atom. The van der Waals surface area contributed by atoms with Gasteiger partial charge >= 0.3 is 0 Å². The number of hydrogen-bond acceptors (Lipinski definition) is 5. The molecule has 0 unspecified atom stereocenters. The molecule has 0 aliphatic heterocycles. The minimum atomic E-state index is -3.36. The lowest BCUT2D eigenvalue weighted by Gasteiger charge is -2.08. The zero-order valence-corrected chi connectivity index (χ0v) is 12.2. The molecule has 7 nitrogen and oxygen atoms in total. The molecule has 112 valence electrons. The van der Waals surface area contributed by atoms with E-state index in [-0.39, 0.29) is 29.4 Å². The van der Waals surface area contributed by atoms with Crippen LogP contribution in [0.4, 0.5) is 0 Å². The van der Waals surface area contributed by atoms with Gasteiger partial charge in [-0.2, -0.15) is 0 Å². The first-order valence-corrected chi connectivity index (χ1v) is 7.67. The van der Waals surface area contributed by atoms with Gasteiger partial charge in [0, 0.05) is 18.7 Å². The van der Waals surface area contributed by atoms with Crippen molar-refractivity contribution in [2.24, 2.45) is 0 Å². The molecule has 0 heterocycles. The van der Waals surface area contributed by atoms with Gasteiger partial charge in [0.15, 0.2) is 11.5 Å². The van der Waals surface area contributed by atoms with Crippen molar-refractivity contribution in [2.75, 3.05) is 26.0 Å². The molecule has 1 amide bonds. The van der Waals surface area contributed by atoms with Gasteiger partial charge in [0.05, 0.1) is 12.9 Å². The Balaban J connectivity index is 2.58. The number of phenolic OH excluding ortho intramolecular Hbond substituents is 1. The Hall–Kier alpha value is -1.80. The van der Waals surface area contributed by atoms with Crippen molar-refractivity contribution in [3.05, 3.63) is 23.8 Å². The summed E-state index contributed by atoms with van der Waals surface area (Å²) in [5, 5.41) is 12.0. The van der Waals surface area contributed by atoms with Crippen LogP contribution in [0.3, 0.4) is 0 Å². The quantitative estimate of drug-likeness (QED) is 0.661. The van der Waals surface area contributed by atoms with Crippen molar-refractivity contribution in [3.8, 4) is 11.5 Å². The molecule has 0 fully saturated rings. The second kappa shape index (κ2) is 7.11. The first kappa shape index (κ1) is 16.3. The third-order valence-electron chi connectivity index (χ3n) is 2.46. The number of nitrogens with one attached hydrogen (secondary N) is 2. The number of ether oxygens (including phenoxy) is 1. The van der Waals surface area contributed by atoms with Gasteiger partial charge in [-0.15, -0.1) is 0 Å². The Morgan fingerprint density at radius 1 is 1.40 bits per heavy atom.